The van der Waals surface area contributed by atoms with Crippen molar-refractivity contribution < 1.29 is 28.0 Å². The van der Waals surface area contributed by atoms with E-state index in [1.165, 1.54) is 0 Å². The summed E-state index contributed by atoms with van der Waals surface area (Å²) in [7, 11) is -1.28. The van der Waals surface area contributed by atoms with Crippen molar-refractivity contribution >= 4 is 12.6 Å². The molecule has 0 aliphatic heterocycles. The van der Waals surface area contributed by atoms with Crippen LogP contribution < -0.4 is 10.2 Å². The van der Waals surface area contributed by atoms with Crippen molar-refractivity contribution in [2.45, 2.75) is 0 Å². The van der Waals surface area contributed by atoms with Crippen molar-refractivity contribution in [3.8, 4) is 5.75 Å². The van der Waals surface area contributed by atoms with Gasteiger partial charge in [0.1, 0.15) is 0 Å². The van der Waals surface area contributed by atoms with Crippen LogP contribution in [0.4, 0.5) is 13.2 Å². The van der Waals surface area contributed by atoms with E-state index in [1.807, 2.05) is 0 Å². The van der Waals surface area contributed by atoms with Crippen molar-refractivity contribution in [3.05, 3.63) is 23.5 Å². The van der Waals surface area contributed by atoms with Gasteiger partial charge in [-0.3, -0.25) is 0 Å². The lowest BCUT2D eigenvalue weighted by atomic mass is 9.79. The quantitative estimate of drug-likeness (QED) is 0.520. The summed E-state index contributed by atoms with van der Waals surface area (Å²) in [6, 6.07) is 0.359. The van der Waals surface area contributed by atoms with Gasteiger partial charge in [-0.1, -0.05) is 0 Å². The third-order valence-electron chi connectivity index (χ3n) is 1.63. The van der Waals surface area contributed by atoms with Crippen LogP contribution in [0.3, 0.4) is 0 Å². The fourth-order valence-electron chi connectivity index (χ4n) is 0.966. The van der Waals surface area contributed by atoms with Gasteiger partial charge < -0.3 is 14.8 Å². The van der Waals surface area contributed by atoms with Gasteiger partial charge in [-0.15, -0.1) is 0 Å². The molecule has 1 rings (SSSR count). The SMILES string of the molecule is COc1c(F)c(F)cc(B(O)O)c1F. The molecule has 2 N–H and O–H groups in total. The Hall–Kier alpha value is -1.21. The van der Waals surface area contributed by atoms with E-state index in [-0.39, 0.29) is 0 Å². The number of hydrogen-bond acceptors (Lipinski definition) is 3. The molecule has 76 valence electrons. The van der Waals surface area contributed by atoms with E-state index in [0.29, 0.717) is 6.07 Å². The van der Waals surface area contributed by atoms with Crippen molar-refractivity contribution in [1.82, 2.24) is 0 Å². The molecular weight excluding hydrogens is 200 g/mol. The molecular formula is C7H6BF3O3. The molecule has 0 saturated carbocycles. The van der Waals surface area contributed by atoms with E-state index in [2.05, 4.69) is 4.74 Å². The molecule has 1 aromatic rings. The Morgan fingerprint density at radius 1 is 1.21 bits per heavy atom. The monoisotopic (exact) mass is 206 g/mol. The van der Waals surface area contributed by atoms with E-state index in [1.54, 1.807) is 0 Å². The van der Waals surface area contributed by atoms with Gasteiger partial charge in [-0.2, -0.15) is 4.39 Å². The van der Waals surface area contributed by atoms with Crippen LogP contribution in [0.2, 0.25) is 0 Å². The van der Waals surface area contributed by atoms with Crippen molar-refractivity contribution in [2.24, 2.45) is 0 Å². The van der Waals surface area contributed by atoms with Crippen LogP contribution >= 0.6 is 0 Å². The minimum atomic E-state index is -2.22. The maximum Gasteiger partial charge on any atom is 0.491 e. The number of halogens is 3. The van der Waals surface area contributed by atoms with E-state index in [0.717, 1.165) is 7.11 Å². The zero-order chi connectivity index (χ0) is 10.9. The molecule has 0 aliphatic carbocycles. The fraction of sp³-hybridized carbons (Fsp3) is 0.143. The predicted octanol–water partition coefficient (Wildman–Crippen LogP) is -0.208. The first-order valence-electron chi connectivity index (χ1n) is 3.56. The Morgan fingerprint density at radius 2 is 1.79 bits per heavy atom. The van der Waals surface area contributed by atoms with E-state index in [9.17, 15) is 13.2 Å². The van der Waals surface area contributed by atoms with Gasteiger partial charge in [0.05, 0.1) is 7.11 Å². The molecule has 0 aromatic heterocycles. The molecule has 0 fully saturated rings. The van der Waals surface area contributed by atoms with E-state index >= 15 is 0 Å². The molecule has 0 amide bonds. The Labute approximate surface area is 77.9 Å². The third kappa shape index (κ3) is 1.68. The second-order valence-corrected chi connectivity index (χ2v) is 2.48. The zero-order valence-electron chi connectivity index (χ0n) is 7.09. The van der Waals surface area contributed by atoms with Crippen LogP contribution in [0.15, 0.2) is 6.07 Å². The fourth-order valence-corrected chi connectivity index (χ4v) is 0.966. The highest BCUT2D eigenvalue weighted by atomic mass is 19.2. The Bertz CT molecular complexity index is 357. The summed E-state index contributed by atoms with van der Waals surface area (Å²) in [4.78, 5) is 0. The standard InChI is InChI=1S/C7H6BF3O3/c1-14-7-5(10)3(8(12)13)2-4(9)6(7)11/h2,12-13H,1H3. The van der Waals surface area contributed by atoms with Crippen LogP contribution in [0.5, 0.6) is 5.75 Å². The first kappa shape index (κ1) is 10.9. The van der Waals surface area contributed by atoms with Crippen LogP contribution in [-0.4, -0.2) is 24.3 Å². The Morgan fingerprint density at radius 3 is 2.21 bits per heavy atom. The van der Waals surface area contributed by atoms with Crippen LogP contribution in [0, 0.1) is 17.5 Å². The van der Waals surface area contributed by atoms with Gasteiger partial charge in [-0.25, -0.2) is 8.78 Å². The molecule has 3 nitrogen and oxygen atoms in total. The molecule has 1 aromatic carbocycles. The summed E-state index contributed by atoms with van der Waals surface area (Å²) in [5.41, 5.74) is -0.777. The van der Waals surface area contributed by atoms with E-state index in [4.69, 9.17) is 10.0 Å². The minimum absolute atomic E-state index is 0.359. The summed E-state index contributed by atoms with van der Waals surface area (Å²) < 4.78 is 42.9. The maximum atomic E-state index is 13.1. The number of rotatable bonds is 2. The average molecular weight is 206 g/mol. The minimum Gasteiger partial charge on any atom is -0.491 e. The Kier molecular flexibility index (Phi) is 3.02. The number of hydrogen-bond donors (Lipinski definition) is 2. The first-order valence-corrected chi connectivity index (χ1v) is 3.56. The average Bonchev–Trinajstić information content (AvgIpc) is 2.12. The van der Waals surface area contributed by atoms with Gasteiger partial charge in [0, 0.05) is 5.46 Å². The number of methoxy groups -OCH3 is 1. The highest BCUT2D eigenvalue weighted by Gasteiger charge is 2.25. The lowest BCUT2D eigenvalue weighted by molar-refractivity contribution is 0.346. The van der Waals surface area contributed by atoms with Crippen LogP contribution in [-0.2, 0) is 0 Å². The van der Waals surface area contributed by atoms with Crippen molar-refractivity contribution in [2.75, 3.05) is 7.11 Å². The smallest absolute Gasteiger partial charge is 0.491 e. The lowest BCUT2D eigenvalue weighted by Gasteiger charge is -2.08. The van der Waals surface area contributed by atoms with Crippen LogP contribution in [0.25, 0.3) is 0 Å². The molecule has 0 atom stereocenters. The van der Waals surface area contributed by atoms with Gasteiger partial charge in [0.2, 0.25) is 5.82 Å². The number of benzene rings is 1. The van der Waals surface area contributed by atoms with Crippen LogP contribution in [0.1, 0.15) is 0 Å². The predicted molar refractivity (Wildman–Crippen MR) is 42.7 cm³/mol. The van der Waals surface area contributed by atoms with Gasteiger partial charge in [-0.05, 0) is 6.07 Å². The summed E-state index contributed by atoms with van der Waals surface area (Å²) >= 11 is 0. The molecule has 0 unspecified atom stereocenters. The normalized spacial score (nSPS) is 10.1. The third-order valence-corrected chi connectivity index (χ3v) is 1.63. The zero-order valence-corrected chi connectivity index (χ0v) is 7.09. The molecule has 0 radical (unpaired) electrons. The van der Waals surface area contributed by atoms with Gasteiger partial charge >= 0.3 is 7.12 Å². The highest BCUT2D eigenvalue weighted by molar-refractivity contribution is 6.58. The molecule has 0 bridgehead atoms. The summed E-state index contributed by atoms with van der Waals surface area (Å²) in [5, 5.41) is 17.2. The topological polar surface area (TPSA) is 49.7 Å². The van der Waals surface area contributed by atoms with Gasteiger partial charge in [0.15, 0.2) is 17.4 Å². The van der Waals surface area contributed by atoms with Crippen molar-refractivity contribution in [1.29, 1.82) is 0 Å². The Balaban J connectivity index is 3.42. The second kappa shape index (κ2) is 3.89. The molecule has 0 saturated heterocycles. The molecule has 7 heteroatoms. The molecule has 0 aliphatic rings. The molecule has 0 spiro atoms. The van der Waals surface area contributed by atoms with Crippen molar-refractivity contribution in [3.63, 3.8) is 0 Å². The summed E-state index contributed by atoms with van der Waals surface area (Å²) in [5.74, 6) is -5.23. The maximum absolute atomic E-state index is 13.1. The number of ether oxygens (including phenoxy) is 1. The molecule has 0 heterocycles. The summed E-state index contributed by atoms with van der Waals surface area (Å²) in [6.07, 6.45) is 0. The lowest BCUT2D eigenvalue weighted by Crippen LogP contribution is -2.34. The highest BCUT2D eigenvalue weighted by Crippen LogP contribution is 2.21. The second-order valence-electron chi connectivity index (χ2n) is 2.48. The van der Waals surface area contributed by atoms with Gasteiger partial charge in [0.25, 0.3) is 0 Å². The summed E-state index contributed by atoms with van der Waals surface area (Å²) in [6.45, 7) is 0. The first-order chi connectivity index (χ1) is 6.49. The van der Waals surface area contributed by atoms with E-state index < -0.39 is 35.8 Å². The molecule has 14 heavy (non-hydrogen) atoms. The largest absolute Gasteiger partial charge is 0.491 e.